The van der Waals surface area contributed by atoms with Gasteiger partial charge in [0.05, 0.1) is 33.6 Å². The molecule has 1 aliphatic rings. The topological polar surface area (TPSA) is 78.4 Å². The smallest absolute Gasteiger partial charge is 0.216 e. The Bertz CT molecular complexity index is 498. The second-order valence-corrected chi connectivity index (χ2v) is 3.65. The molecule has 0 saturated carbocycles. The van der Waals surface area contributed by atoms with Gasteiger partial charge in [0.2, 0.25) is 11.7 Å². The van der Waals surface area contributed by atoms with Crippen LogP contribution in [-0.2, 0) is 0 Å². The fraction of sp³-hybridized carbons (Fsp3) is 0.333. The Labute approximate surface area is 105 Å². The second-order valence-electron chi connectivity index (χ2n) is 3.65. The van der Waals surface area contributed by atoms with Crippen molar-refractivity contribution < 1.29 is 14.2 Å². The average molecular weight is 249 g/mol. The lowest BCUT2D eigenvalue weighted by molar-refractivity contribution is 0.324. The van der Waals surface area contributed by atoms with Gasteiger partial charge in [-0.15, -0.1) is 0 Å². The molecule has 96 valence electrons. The van der Waals surface area contributed by atoms with Gasteiger partial charge in [-0.1, -0.05) is 0 Å². The summed E-state index contributed by atoms with van der Waals surface area (Å²) in [5.41, 5.74) is 7.17. The van der Waals surface area contributed by atoms with Crippen LogP contribution in [0.15, 0.2) is 22.1 Å². The van der Waals surface area contributed by atoms with Crippen molar-refractivity contribution in [3.8, 4) is 17.2 Å². The molecule has 0 unspecified atom stereocenters. The van der Waals surface area contributed by atoms with Crippen molar-refractivity contribution >= 4 is 11.7 Å². The lowest BCUT2D eigenvalue weighted by Gasteiger charge is -2.13. The van der Waals surface area contributed by atoms with E-state index in [1.807, 2.05) is 12.1 Å². The number of guanidine groups is 1. The van der Waals surface area contributed by atoms with Gasteiger partial charge >= 0.3 is 0 Å². The molecule has 0 saturated heterocycles. The zero-order valence-corrected chi connectivity index (χ0v) is 10.6. The van der Waals surface area contributed by atoms with Crippen LogP contribution in [0.4, 0.5) is 0 Å². The SMILES string of the molecule is COc1cc(C2=NC(N)=NC2)cc(OC)c1OC. The molecule has 1 aliphatic heterocycles. The Hall–Kier alpha value is -2.24. The molecule has 0 fully saturated rings. The minimum Gasteiger partial charge on any atom is -0.493 e. The van der Waals surface area contributed by atoms with Crippen LogP contribution in [0.1, 0.15) is 5.56 Å². The van der Waals surface area contributed by atoms with Crippen molar-refractivity contribution in [1.82, 2.24) is 0 Å². The zero-order valence-electron chi connectivity index (χ0n) is 10.6. The van der Waals surface area contributed by atoms with E-state index in [0.29, 0.717) is 29.8 Å². The summed E-state index contributed by atoms with van der Waals surface area (Å²) in [4.78, 5) is 8.18. The quantitative estimate of drug-likeness (QED) is 0.857. The van der Waals surface area contributed by atoms with Gasteiger partial charge in [0.1, 0.15) is 0 Å². The van der Waals surface area contributed by atoms with Crippen molar-refractivity contribution in [3.63, 3.8) is 0 Å². The molecule has 6 heteroatoms. The van der Waals surface area contributed by atoms with E-state index in [4.69, 9.17) is 19.9 Å². The number of nitrogens with two attached hydrogens (primary N) is 1. The van der Waals surface area contributed by atoms with Crippen LogP contribution in [0.3, 0.4) is 0 Å². The Balaban J connectivity index is 2.47. The van der Waals surface area contributed by atoms with E-state index in [-0.39, 0.29) is 0 Å². The number of hydrogen-bond donors (Lipinski definition) is 1. The lowest BCUT2D eigenvalue weighted by atomic mass is 10.1. The summed E-state index contributed by atoms with van der Waals surface area (Å²) in [5.74, 6) is 2.01. The van der Waals surface area contributed by atoms with Gasteiger partial charge in [0.25, 0.3) is 0 Å². The normalized spacial score (nSPS) is 13.9. The Morgan fingerprint density at radius 3 is 2.06 bits per heavy atom. The second kappa shape index (κ2) is 4.95. The Morgan fingerprint density at radius 2 is 1.67 bits per heavy atom. The minimum atomic E-state index is 0.291. The number of methoxy groups -OCH3 is 3. The first-order valence-corrected chi connectivity index (χ1v) is 5.37. The Kier molecular flexibility index (Phi) is 3.36. The van der Waals surface area contributed by atoms with Gasteiger partial charge in [-0.25, -0.2) is 9.98 Å². The number of rotatable bonds is 4. The number of aliphatic imine (C=N–C) groups is 2. The number of nitrogens with zero attached hydrogens (tertiary/aromatic N) is 2. The van der Waals surface area contributed by atoms with E-state index in [0.717, 1.165) is 11.3 Å². The maximum atomic E-state index is 5.53. The fourth-order valence-electron chi connectivity index (χ4n) is 1.77. The van der Waals surface area contributed by atoms with E-state index in [9.17, 15) is 0 Å². The molecule has 0 atom stereocenters. The molecule has 0 radical (unpaired) electrons. The van der Waals surface area contributed by atoms with Gasteiger partial charge < -0.3 is 19.9 Å². The van der Waals surface area contributed by atoms with Crippen LogP contribution < -0.4 is 19.9 Å². The van der Waals surface area contributed by atoms with Gasteiger partial charge in [-0.3, -0.25) is 0 Å². The van der Waals surface area contributed by atoms with E-state index in [1.54, 1.807) is 21.3 Å². The van der Waals surface area contributed by atoms with E-state index in [1.165, 1.54) is 0 Å². The van der Waals surface area contributed by atoms with E-state index < -0.39 is 0 Å². The molecule has 0 aliphatic carbocycles. The molecule has 0 bridgehead atoms. The molecular weight excluding hydrogens is 234 g/mol. The summed E-state index contributed by atoms with van der Waals surface area (Å²) in [5, 5.41) is 0. The third-order valence-electron chi connectivity index (χ3n) is 2.64. The van der Waals surface area contributed by atoms with Crippen LogP contribution in [0, 0.1) is 0 Å². The van der Waals surface area contributed by atoms with Crippen LogP contribution in [0.25, 0.3) is 0 Å². The van der Waals surface area contributed by atoms with E-state index in [2.05, 4.69) is 9.98 Å². The zero-order chi connectivity index (χ0) is 13.1. The molecule has 1 heterocycles. The van der Waals surface area contributed by atoms with Crippen LogP contribution in [0.5, 0.6) is 17.2 Å². The predicted molar refractivity (Wildman–Crippen MR) is 69.1 cm³/mol. The lowest BCUT2D eigenvalue weighted by Crippen LogP contribution is -2.06. The number of ether oxygens (including phenoxy) is 3. The summed E-state index contributed by atoms with van der Waals surface area (Å²) >= 11 is 0. The third kappa shape index (κ3) is 2.09. The van der Waals surface area contributed by atoms with Gasteiger partial charge in [0, 0.05) is 5.56 Å². The largest absolute Gasteiger partial charge is 0.493 e. The van der Waals surface area contributed by atoms with Crippen molar-refractivity contribution in [3.05, 3.63) is 17.7 Å². The summed E-state index contributed by atoms with van der Waals surface area (Å²) in [6.45, 7) is 0.463. The molecule has 2 N–H and O–H groups in total. The molecule has 0 amide bonds. The van der Waals surface area contributed by atoms with Gasteiger partial charge in [0.15, 0.2) is 11.5 Å². The van der Waals surface area contributed by atoms with Crippen molar-refractivity contribution in [2.45, 2.75) is 0 Å². The summed E-state index contributed by atoms with van der Waals surface area (Å²) in [7, 11) is 4.71. The average Bonchev–Trinajstić information content (AvgIpc) is 2.83. The molecule has 1 aromatic rings. The highest BCUT2D eigenvalue weighted by atomic mass is 16.5. The van der Waals surface area contributed by atoms with Crippen LogP contribution in [0.2, 0.25) is 0 Å². The molecule has 1 aromatic carbocycles. The monoisotopic (exact) mass is 249 g/mol. The molecule has 2 rings (SSSR count). The molecule has 6 nitrogen and oxygen atoms in total. The molecule has 0 aromatic heterocycles. The first-order valence-electron chi connectivity index (χ1n) is 5.37. The van der Waals surface area contributed by atoms with Gasteiger partial charge in [-0.2, -0.15) is 0 Å². The predicted octanol–water partition coefficient (Wildman–Crippen LogP) is 0.830. The highest BCUT2D eigenvalue weighted by Crippen LogP contribution is 2.38. The van der Waals surface area contributed by atoms with E-state index >= 15 is 0 Å². The third-order valence-corrected chi connectivity index (χ3v) is 2.64. The summed E-state index contributed by atoms with van der Waals surface area (Å²) in [6, 6.07) is 3.66. The standard InChI is InChI=1S/C12H15N3O3/c1-16-9-4-7(8-6-14-12(13)15-8)5-10(17-2)11(9)18-3/h4-5H,6H2,1-3H3,(H2,13,14). The molecular formula is C12H15N3O3. The summed E-state index contributed by atoms with van der Waals surface area (Å²) < 4.78 is 15.8. The first kappa shape index (κ1) is 12.2. The van der Waals surface area contributed by atoms with Crippen molar-refractivity contribution in [2.75, 3.05) is 27.9 Å². The van der Waals surface area contributed by atoms with Crippen molar-refractivity contribution in [1.29, 1.82) is 0 Å². The maximum absolute atomic E-state index is 5.53. The highest BCUT2D eigenvalue weighted by Gasteiger charge is 2.17. The maximum Gasteiger partial charge on any atom is 0.216 e. The molecule has 0 spiro atoms. The first-order chi connectivity index (χ1) is 8.69. The summed E-state index contributed by atoms with van der Waals surface area (Å²) in [6.07, 6.45) is 0. The van der Waals surface area contributed by atoms with Crippen LogP contribution in [-0.4, -0.2) is 39.5 Å². The molecule has 18 heavy (non-hydrogen) atoms. The number of benzene rings is 1. The fourth-order valence-corrected chi connectivity index (χ4v) is 1.77. The van der Waals surface area contributed by atoms with Crippen LogP contribution >= 0.6 is 0 Å². The number of hydrogen-bond acceptors (Lipinski definition) is 6. The Morgan fingerprint density at radius 1 is 1.06 bits per heavy atom. The van der Waals surface area contributed by atoms with Gasteiger partial charge in [-0.05, 0) is 12.1 Å². The minimum absolute atomic E-state index is 0.291. The highest BCUT2D eigenvalue weighted by molar-refractivity contribution is 6.12. The van der Waals surface area contributed by atoms with Crippen molar-refractivity contribution in [2.24, 2.45) is 15.7 Å².